The Hall–Kier alpha value is -2.16. The van der Waals surface area contributed by atoms with Gasteiger partial charge in [-0.1, -0.05) is 31.4 Å². The van der Waals surface area contributed by atoms with E-state index in [0.29, 0.717) is 12.2 Å². The third kappa shape index (κ3) is 3.41. The molecule has 0 amide bonds. The molecule has 0 saturated carbocycles. The number of hydrogen-bond acceptors (Lipinski definition) is 3. The molecule has 0 bridgehead atoms. The lowest BCUT2D eigenvalue weighted by molar-refractivity contribution is 0.0526. The topological polar surface area (TPSA) is 39.2 Å². The number of ether oxygens (including phenoxy) is 1. The average Bonchev–Trinajstić information content (AvgIpc) is 2.36. The Morgan fingerprint density at radius 3 is 2.71 bits per heavy atom. The molecule has 0 N–H and O–H groups in total. The fourth-order valence-corrected chi connectivity index (χ4v) is 1.28. The number of pyridine rings is 1. The maximum absolute atomic E-state index is 11.4. The first-order chi connectivity index (χ1) is 8.22. The van der Waals surface area contributed by atoms with E-state index >= 15 is 0 Å². The van der Waals surface area contributed by atoms with Gasteiger partial charge in [0.1, 0.15) is 0 Å². The van der Waals surface area contributed by atoms with Crippen LogP contribution in [0.5, 0.6) is 0 Å². The molecule has 0 radical (unpaired) electrons. The number of allylic oxidation sites excluding steroid dienone is 4. The second-order valence-corrected chi connectivity index (χ2v) is 3.21. The lowest BCUT2D eigenvalue weighted by atomic mass is 10.1. The Labute approximate surface area is 101 Å². The molecule has 0 aliphatic rings. The summed E-state index contributed by atoms with van der Waals surface area (Å²) in [7, 11) is 0. The summed E-state index contributed by atoms with van der Waals surface area (Å²) < 4.78 is 4.87. The van der Waals surface area contributed by atoms with Crippen molar-refractivity contribution < 1.29 is 9.53 Å². The van der Waals surface area contributed by atoms with Crippen molar-refractivity contribution in [2.75, 3.05) is 6.61 Å². The number of rotatable bonds is 5. The molecule has 1 aromatic heterocycles. The highest BCUT2D eigenvalue weighted by molar-refractivity contribution is 5.89. The van der Waals surface area contributed by atoms with Gasteiger partial charge in [-0.2, -0.15) is 0 Å². The van der Waals surface area contributed by atoms with Gasteiger partial charge in [0.25, 0.3) is 0 Å². The number of carbonyl (C=O) groups is 1. The smallest absolute Gasteiger partial charge is 0.339 e. The molecule has 0 saturated heterocycles. The van der Waals surface area contributed by atoms with Crippen LogP contribution < -0.4 is 0 Å². The Balaban J connectivity index is 2.94. The lowest BCUT2D eigenvalue weighted by Crippen LogP contribution is -2.05. The SMILES string of the molecule is C=C/C=C(\C=C)c1ccc(C(=O)OCC)cn1. The molecule has 3 nitrogen and oxygen atoms in total. The molecule has 0 fully saturated rings. The first kappa shape index (κ1) is 12.9. The highest BCUT2D eigenvalue weighted by Gasteiger charge is 2.07. The summed E-state index contributed by atoms with van der Waals surface area (Å²) >= 11 is 0. The third-order valence-corrected chi connectivity index (χ3v) is 2.09. The van der Waals surface area contributed by atoms with E-state index in [2.05, 4.69) is 18.1 Å². The van der Waals surface area contributed by atoms with E-state index < -0.39 is 0 Å². The molecule has 1 heterocycles. The fraction of sp³-hybridized carbons (Fsp3) is 0.143. The van der Waals surface area contributed by atoms with Gasteiger partial charge in [-0.3, -0.25) is 4.98 Å². The average molecular weight is 229 g/mol. The summed E-state index contributed by atoms with van der Waals surface area (Å²) in [6.45, 7) is 9.44. The van der Waals surface area contributed by atoms with Gasteiger partial charge in [-0.05, 0) is 24.6 Å². The van der Waals surface area contributed by atoms with Crippen LogP contribution in [0.1, 0.15) is 23.0 Å². The number of aromatic nitrogens is 1. The van der Waals surface area contributed by atoms with E-state index in [0.717, 1.165) is 11.3 Å². The quantitative estimate of drug-likeness (QED) is 0.575. The van der Waals surface area contributed by atoms with Gasteiger partial charge < -0.3 is 4.74 Å². The van der Waals surface area contributed by atoms with Crippen molar-refractivity contribution in [3.05, 3.63) is 61.0 Å². The van der Waals surface area contributed by atoms with Crippen molar-refractivity contribution in [3.63, 3.8) is 0 Å². The molecule has 1 rings (SSSR count). The van der Waals surface area contributed by atoms with Crippen LogP contribution in [-0.2, 0) is 4.74 Å². The molecule has 3 heteroatoms. The van der Waals surface area contributed by atoms with Gasteiger partial charge in [-0.15, -0.1) is 0 Å². The highest BCUT2D eigenvalue weighted by atomic mass is 16.5. The van der Waals surface area contributed by atoms with Gasteiger partial charge >= 0.3 is 5.97 Å². The van der Waals surface area contributed by atoms with Crippen LogP contribution in [0.15, 0.2) is 49.7 Å². The number of esters is 1. The largest absolute Gasteiger partial charge is 0.462 e. The van der Waals surface area contributed by atoms with E-state index in [1.165, 1.54) is 6.20 Å². The van der Waals surface area contributed by atoms with Gasteiger partial charge in [0, 0.05) is 6.20 Å². The number of carbonyl (C=O) groups excluding carboxylic acids is 1. The van der Waals surface area contributed by atoms with Crippen LogP contribution in [0.4, 0.5) is 0 Å². The Morgan fingerprint density at radius 1 is 1.47 bits per heavy atom. The molecule has 0 aliphatic heterocycles. The second kappa shape index (κ2) is 6.43. The summed E-state index contributed by atoms with van der Waals surface area (Å²) in [6.07, 6.45) is 6.65. The van der Waals surface area contributed by atoms with Crippen LogP contribution in [0, 0.1) is 0 Å². The summed E-state index contributed by atoms with van der Waals surface area (Å²) in [5, 5.41) is 0. The molecule has 88 valence electrons. The highest BCUT2D eigenvalue weighted by Crippen LogP contribution is 2.13. The van der Waals surface area contributed by atoms with E-state index in [1.54, 1.807) is 37.3 Å². The van der Waals surface area contributed by atoms with Crippen LogP contribution in [0.3, 0.4) is 0 Å². The zero-order valence-corrected chi connectivity index (χ0v) is 9.85. The minimum atomic E-state index is -0.362. The minimum Gasteiger partial charge on any atom is -0.462 e. The molecule has 0 unspecified atom stereocenters. The van der Waals surface area contributed by atoms with Gasteiger partial charge in [0.05, 0.1) is 17.9 Å². The molecule has 0 aliphatic carbocycles. The van der Waals surface area contributed by atoms with Crippen molar-refractivity contribution in [3.8, 4) is 0 Å². The van der Waals surface area contributed by atoms with E-state index in [4.69, 9.17) is 4.74 Å². The number of nitrogens with zero attached hydrogens (tertiary/aromatic N) is 1. The minimum absolute atomic E-state index is 0.356. The molecule has 0 atom stereocenters. The molecule has 0 spiro atoms. The molecule has 17 heavy (non-hydrogen) atoms. The van der Waals surface area contributed by atoms with Crippen molar-refractivity contribution in [2.45, 2.75) is 6.92 Å². The standard InChI is InChI=1S/C14H15NO2/c1-4-7-11(5-2)13-9-8-12(10-15-13)14(16)17-6-3/h4-5,7-10H,1-2,6H2,3H3/b11-7+. The normalized spacial score (nSPS) is 10.8. The maximum Gasteiger partial charge on any atom is 0.339 e. The van der Waals surface area contributed by atoms with Crippen LogP contribution in [-0.4, -0.2) is 17.6 Å². The Kier molecular flexibility index (Phi) is 4.88. The summed E-state index contributed by atoms with van der Waals surface area (Å²) in [4.78, 5) is 15.6. The first-order valence-corrected chi connectivity index (χ1v) is 5.31. The second-order valence-electron chi connectivity index (χ2n) is 3.21. The van der Waals surface area contributed by atoms with Crippen molar-refractivity contribution in [1.82, 2.24) is 4.98 Å². The molecular weight excluding hydrogens is 214 g/mol. The number of hydrogen-bond donors (Lipinski definition) is 0. The van der Waals surface area contributed by atoms with Gasteiger partial charge in [0.2, 0.25) is 0 Å². The molecular formula is C14H15NO2. The summed E-state index contributed by atoms with van der Waals surface area (Å²) in [5.74, 6) is -0.362. The van der Waals surface area contributed by atoms with E-state index in [9.17, 15) is 4.79 Å². The predicted octanol–water partition coefficient (Wildman–Crippen LogP) is 3.01. The summed E-state index contributed by atoms with van der Waals surface area (Å²) in [6, 6.07) is 3.43. The lowest BCUT2D eigenvalue weighted by Gasteiger charge is -2.03. The Morgan fingerprint density at radius 2 is 2.24 bits per heavy atom. The van der Waals surface area contributed by atoms with Crippen molar-refractivity contribution >= 4 is 11.5 Å². The van der Waals surface area contributed by atoms with Crippen LogP contribution in [0.25, 0.3) is 5.57 Å². The predicted molar refractivity (Wildman–Crippen MR) is 68.6 cm³/mol. The zero-order chi connectivity index (χ0) is 12.7. The fourth-order valence-electron chi connectivity index (χ4n) is 1.28. The van der Waals surface area contributed by atoms with Gasteiger partial charge in [-0.25, -0.2) is 4.79 Å². The van der Waals surface area contributed by atoms with Gasteiger partial charge in [0.15, 0.2) is 0 Å². The van der Waals surface area contributed by atoms with E-state index in [-0.39, 0.29) is 5.97 Å². The molecule has 1 aromatic rings. The monoisotopic (exact) mass is 229 g/mol. The van der Waals surface area contributed by atoms with E-state index in [1.807, 2.05) is 0 Å². The van der Waals surface area contributed by atoms with Crippen LogP contribution in [0.2, 0.25) is 0 Å². The van der Waals surface area contributed by atoms with Crippen molar-refractivity contribution in [1.29, 1.82) is 0 Å². The van der Waals surface area contributed by atoms with Crippen LogP contribution >= 0.6 is 0 Å². The molecule has 0 aromatic carbocycles. The first-order valence-electron chi connectivity index (χ1n) is 5.31. The van der Waals surface area contributed by atoms with Crippen molar-refractivity contribution in [2.24, 2.45) is 0 Å². The Bertz CT molecular complexity index is 444. The zero-order valence-electron chi connectivity index (χ0n) is 9.85. The summed E-state index contributed by atoms with van der Waals surface area (Å²) in [5.41, 5.74) is 2.04. The third-order valence-electron chi connectivity index (χ3n) is 2.09. The maximum atomic E-state index is 11.4.